The van der Waals surface area contributed by atoms with Gasteiger partial charge < -0.3 is 24.8 Å². The molecule has 0 atom stereocenters. The Labute approximate surface area is 211 Å². The van der Waals surface area contributed by atoms with Crippen LogP contribution in [0.5, 0.6) is 0 Å². The zero-order chi connectivity index (χ0) is 20.4. The van der Waals surface area contributed by atoms with Crippen molar-refractivity contribution in [3.8, 4) is 11.1 Å². The van der Waals surface area contributed by atoms with Crippen molar-refractivity contribution in [3.05, 3.63) is 89.0 Å². The van der Waals surface area contributed by atoms with Crippen molar-refractivity contribution >= 4 is 5.43 Å². The van der Waals surface area contributed by atoms with Crippen molar-refractivity contribution in [2.24, 2.45) is 0 Å². The number of fused-ring (bicyclic) bond motifs is 3. The number of halogens is 2. The van der Waals surface area contributed by atoms with Gasteiger partial charge in [0.05, 0.1) is 0 Å². The maximum absolute atomic E-state index is 3.45. The third-order valence-corrected chi connectivity index (χ3v) is 10.6. The molecule has 4 heteroatoms. The van der Waals surface area contributed by atoms with Gasteiger partial charge in [0, 0.05) is 0 Å². The molecule has 0 heterocycles. The molecule has 0 bridgehead atoms. The molecule has 0 amide bonds. The first-order valence-corrected chi connectivity index (χ1v) is 16.0. The molecule has 0 aromatic heterocycles. The first kappa shape index (κ1) is 29.5. The van der Waals surface area contributed by atoms with E-state index >= 15 is 0 Å². The molecule has 0 unspecified atom stereocenters. The summed E-state index contributed by atoms with van der Waals surface area (Å²) in [6.07, 6.45) is 3.88. The SMILES string of the molecule is CCC[Si](=[Zr+2])CCC.Cc1[c-]c2c(cc1)-c1ccc(C)cc1C2.[Cl-].[Cl-].c1cc[cH-]c1. The summed E-state index contributed by atoms with van der Waals surface area (Å²) in [6, 6.07) is 27.6. The van der Waals surface area contributed by atoms with Crippen LogP contribution in [0.25, 0.3) is 11.1 Å². The van der Waals surface area contributed by atoms with E-state index in [0.29, 0.717) is 0 Å². The standard InChI is InChI=1S/C15H13.C6H14Si.C5H5.2ClH.Zr/c1-10-3-5-14-12(7-10)9-13-8-11(2)4-6-15(13)14;1-3-5-7-6-4-2;1-2-4-5-3-1;;;/h3-7H,9H2,1-2H3;3-6H2,1-2H3;1-5H;2*1H;/q-1;;-1;;;+2/p-2. The minimum absolute atomic E-state index is 0. The molecule has 4 rings (SSSR count). The summed E-state index contributed by atoms with van der Waals surface area (Å²) in [7, 11) is 0. The summed E-state index contributed by atoms with van der Waals surface area (Å²) in [5, 5.41) is 0. The van der Waals surface area contributed by atoms with Gasteiger partial charge in [0.25, 0.3) is 0 Å². The van der Waals surface area contributed by atoms with E-state index in [1.807, 2.05) is 53.7 Å². The molecule has 0 radical (unpaired) electrons. The van der Waals surface area contributed by atoms with E-state index < -0.39 is 0 Å². The molecule has 30 heavy (non-hydrogen) atoms. The van der Waals surface area contributed by atoms with Gasteiger partial charge in [-0.3, -0.25) is 0 Å². The summed E-state index contributed by atoms with van der Waals surface area (Å²) in [5.41, 5.74) is 8.35. The van der Waals surface area contributed by atoms with E-state index in [1.165, 1.54) is 46.2 Å². The second kappa shape index (κ2) is 16.2. The second-order valence-corrected chi connectivity index (χ2v) is 14.9. The van der Waals surface area contributed by atoms with Crippen molar-refractivity contribution in [1.82, 2.24) is 0 Å². The van der Waals surface area contributed by atoms with Crippen LogP contribution in [-0.2, 0) is 29.8 Å². The number of hydrogen-bond donors (Lipinski definition) is 0. The van der Waals surface area contributed by atoms with E-state index in [1.54, 1.807) is 12.1 Å². The first-order chi connectivity index (χ1) is 13.5. The maximum Gasteiger partial charge on any atom is -0.0253 e. The molecule has 0 spiro atoms. The number of benzene rings is 2. The smallest absolute Gasteiger partial charge is 0.0253 e. The van der Waals surface area contributed by atoms with E-state index in [0.717, 1.165) is 6.42 Å². The van der Waals surface area contributed by atoms with Crippen LogP contribution < -0.4 is 24.8 Å². The second-order valence-electron chi connectivity index (χ2n) is 7.44. The molecule has 0 N–H and O–H groups in total. The summed E-state index contributed by atoms with van der Waals surface area (Å²) in [6.45, 7) is 8.85. The Kier molecular flexibility index (Phi) is 15.9. The summed E-state index contributed by atoms with van der Waals surface area (Å²) >= 11 is 1.84. The van der Waals surface area contributed by atoms with Crippen molar-refractivity contribution < 1.29 is 48.1 Å². The molecular weight excluding hydrogens is 503 g/mol. The Bertz CT molecular complexity index is 798. The van der Waals surface area contributed by atoms with Crippen LogP contribution in [0.15, 0.2) is 60.7 Å². The molecule has 160 valence electrons. The van der Waals surface area contributed by atoms with Crippen LogP contribution >= 0.6 is 0 Å². The molecule has 3 aromatic rings. The molecule has 0 saturated heterocycles. The molecule has 0 saturated carbocycles. The number of aryl methyl sites for hydroxylation is 2. The van der Waals surface area contributed by atoms with Crippen LogP contribution in [0, 0.1) is 19.9 Å². The van der Waals surface area contributed by atoms with Gasteiger partial charge in [0.2, 0.25) is 0 Å². The zero-order valence-electron chi connectivity index (χ0n) is 18.6. The minimum atomic E-state index is 0. The van der Waals surface area contributed by atoms with Crippen molar-refractivity contribution in [2.45, 2.75) is 59.0 Å². The zero-order valence-corrected chi connectivity index (χ0v) is 23.5. The first-order valence-electron chi connectivity index (χ1n) is 10.4. The van der Waals surface area contributed by atoms with Gasteiger partial charge in [0.15, 0.2) is 0 Å². The van der Waals surface area contributed by atoms with Gasteiger partial charge in [-0.2, -0.15) is 42.0 Å². The van der Waals surface area contributed by atoms with Crippen molar-refractivity contribution in [3.63, 3.8) is 0 Å². The minimum Gasteiger partial charge on any atom is -1.00 e. The number of hydrogen-bond acceptors (Lipinski definition) is 0. The predicted molar refractivity (Wildman–Crippen MR) is 121 cm³/mol. The molecule has 1 aliphatic carbocycles. The van der Waals surface area contributed by atoms with E-state index in [2.05, 4.69) is 64.1 Å². The van der Waals surface area contributed by atoms with Crippen LogP contribution in [0.3, 0.4) is 0 Å². The van der Waals surface area contributed by atoms with Gasteiger partial charge in [-0.05, 0) is 18.9 Å². The Morgan fingerprint density at radius 2 is 1.53 bits per heavy atom. The van der Waals surface area contributed by atoms with Crippen LogP contribution in [0.2, 0.25) is 12.1 Å². The third kappa shape index (κ3) is 9.73. The largest absolute Gasteiger partial charge is 1.00 e. The van der Waals surface area contributed by atoms with Crippen molar-refractivity contribution in [1.29, 1.82) is 0 Å². The fraction of sp³-hybridized carbons (Fsp3) is 0.346. The van der Waals surface area contributed by atoms with Crippen molar-refractivity contribution in [2.75, 3.05) is 0 Å². The Hall–Kier alpha value is -0.530. The Morgan fingerprint density at radius 1 is 0.933 bits per heavy atom. The fourth-order valence-electron chi connectivity index (χ4n) is 3.42. The summed E-state index contributed by atoms with van der Waals surface area (Å²) in [4.78, 5) is 0. The normalized spacial score (nSPS) is 10.1. The Morgan fingerprint density at radius 3 is 2.07 bits per heavy atom. The molecule has 0 aliphatic heterocycles. The van der Waals surface area contributed by atoms with Crippen LogP contribution in [0.1, 0.15) is 48.9 Å². The summed E-state index contributed by atoms with van der Waals surface area (Å²) < 4.78 is 0. The number of rotatable bonds is 4. The van der Waals surface area contributed by atoms with Gasteiger partial charge in [-0.15, -0.1) is 11.1 Å². The third-order valence-electron chi connectivity index (χ3n) is 4.75. The quantitative estimate of drug-likeness (QED) is 0.275. The predicted octanol–water partition coefficient (Wildman–Crippen LogP) is 1.43. The average Bonchev–Trinajstić information content (AvgIpc) is 3.33. The van der Waals surface area contributed by atoms with E-state index in [9.17, 15) is 0 Å². The fourth-order valence-corrected chi connectivity index (χ4v) is 8.56. The molecular formula is C26H32Cl2SiZr-2. The Balaban J connectivity index is 0.000000479. The molecule has 1 aliphatic rings. The molecule has 0 nitrogen and oxygen atoms in total. The van der Waals surface area contributed by atoms with E-state index in [4.69, 9.17) is 0 Å². The van der Waals surface area contributed by atoms with Gasteiger partial charge in [0.1, 0.15) is 0 Å². The van der Waals surface area contributed by atoms with Crippen LogP contribution in [0.4, 0.5) is 0 Å². The van der Waals surface area contributed by atoms with E-state index in [-0.39, 0.29) is 30.2 Å². The maximum atomic E-state index is 3.45. The topological polar surface area (TPSA) is 0 Å². The monoisotopic (exact) mass is 532 g/mol. The van der Waals surface area contributed by atoms with Gasteiger partial charge >= 0.3 is 67.5 Å². The summed E-state index contributed by atoms with van der Waals surface area (Å²) in [5.74, 6) is 0. The van der Waals surface area contributed by atoms with Crippen LogP contribution in [-0.4, -0.2) is 5.43 Å². The average molecular weight is 535 g/mol. The van der Waals surface area contributed by atoms with Gasteiger partial charge in [-0.25, -0.2) is 12.1 Å². The molecule has 3 aromatic carbocycles. The van der Waals surface area contributed by atoms with Gasteiger partial charge in [-0.1, -0.05) is 36.2 Å². The molecule has 0 fully saturated rings.